The van der Waals surface area contributed by atoms with Crippen molar-refractivity contribution in [1.82, 2.24) is 24.4 Å². The van der Waals surface area contributed by atoms with Gasteiger partial charge in [0.1, 0.15) is 25.1 Å². The van der Waals surface area contributed by atoms with Crippen LogP contribution in [0.1, 0.15) is 37.6 Å². The molecular formula is C24H28FIN6O4. The number of aryl methyl sites for hydroxylation is 1. The number of nitrogens with two attached hydrogens (primary N) is 1. The van der Waals surface area contributed by atoms with Gasteiger partial charge < -0.3 is 29.8 Å². The number of carbonyl (C=O) groups excluding carboxylic acids is 1. The normalized spacial score (nSPS) is 16.9. The van der Waals surface area contributed by atoms with Crippen LogP contribution in [-0.4, -0.2) is 67.8 Å². The van der Waals surface area contributed by atoms with Crippen molar-refractivity contribution in [2.24, 2.45) is 5.92 Å². The molecule has 10 nitrogen and oxygen atoms in total. The zero-order valence-electron chi connectivity index (χ0n) is 19.9. The van der Waals surface area contributed by atoms with E-state index in [1.165, 1.54) is 6.92 Å². The van der Waals surface area contributed by atoms with Crippen molar-refractivity contribution in [3.05, 3.63) is 33.2 Å². The lowest BCUT2D eigenvalue weighted by Gasteiger charge is -2.32. The monoisotopic (exact) mass is 614 g/mol. The van der Waals surface area contributed by atoms with Gasteiger partial charge >= 0.3 is 6.08 Å². The third-order valence-electron chi connectivity index (χ3n) is 6.78. The Bertz CT molecular complexity index is 1290. The van der Waals surface area contributed by atoms with Gasteiger partial charge in [0.05, 0.1) is 0 Å². The number of carbonyl (C=O) groups is 1. The number of benzene rings is 1. The molecule has 3 aromatic rings. The molecule has 2 aliphatic heterocycles. The molecule has 1 fully saturated rings. The Kier molecular flexibility index (Phi) is 7.15. The number of nitrogen functional groups attached to an aromatic ring is 1. The number of fused-ring (bicyclic) bond motifs is 2. The number of ether oxygens (including phenoxy) is 2. The molecule has 0 bridgehead atoms. The van der Waals surface area contributed by atoms with Crippen LogP contribution in [0.4, 0.5) is 10.2 Å². The molecule has 4 heterocycles. The molecule has 192 valence electrons. The first-order chi connectivity index (χ1) is 17.3. The molecule has 0 aliphatic carbocycles. The second kappa shape index (κ2) is 10.3. The van der Waals surface area contributed by atoms with Crippen molar-refractivity contribution in [2.75, 3.05) is 32.0 Å². The Morgan fingerprint density at radius 1 is 1.22 bits per heavy atom. The third-order valence-corrected chi connectivity index (χ3v) is 7.78. The maximum absolute atomic E-state index is 14.1. The minimum Gasteiger partial charge on any atom is -0.486 e. The van der Waals surface area contributed by atoms with Crippen LogP contribution >= 0.6 is 22.6 Å². The summed E-state index contributed by atoms with van der Waals surface area (Å²) in [6.45, 7) is 4.33. The van der Waals surface area contributed by atoms with Gasteiger partial charge in [0.15, 0.2) is 28.5 Å². The fourth-order valence-electron chi connectivity index (χ4n) is 4.84. The van der Waals surface area contributed by atoms with Crippen LogP contribution in [0.2, 0.25) is 0 Å². The third kappa shape index (κ3) is 5.05. The lowest BCUT2D eigenvalue weighted by molar-refractivity contribution is -0.140. The van der Waals surface area contributed by atoms with Crippen molar-refractivity contribution in [2.45, 2.75) is 45.3 Å². The van der Waals surface area contributed by atoms with Gasteiger partial charge in [-0.1, -0.05) is 0 Å². The minimum atomic E-state index is -0.982. The summed E-state index contributed by atoms with van der Waals surface area (Å²) in [5.41, 5.74) is 7.77. The highest BCUT2D eigenvalue weighted by Crippen LogP contribution is 2.35. The summed E-state index contributed by atoms with van der Waals surface area (Å²) in [6, 6.07) is 3.91. The summed E-state index contributed by atoms with van der Waals surface area (Å²) < 4.78 is 28.5. The molecular weight excluding hydrogens is 586 g/mol. The van der Waals surface area contributed by atoms with Crippen LogP contribution in [-0.2, 0) is 17.8 Å². The molecule has 36 heavy (non-hydrogen) atoms. The van der Waals surface area contributed by atoms with Crippen molar-refractivity contribution >= 4 is 45.5 Å². The fourth-order valence-corrected chi connectivity index (χ4v) is 5.47. The molecule has 1 aromatic carbocycles. The summed E-state index contributed by atoms with van der Waals surface area (Å²) in [5, 5.41) is 9.58. The highest BCUT2D eigenvalue weighted by molar-refractivity contribution is 14.1. The summed E-state index contributed by atoms with van der Waals surface area (Å²) in [7, 11) is 0. The highest BCUT2D eigenvalue weighted by Gasteiger charge is 2.26. The van der Waals surface area contributed by atoms with Crippen molar-refractivity contribution < 1.29 is 23.8 Å². The molecule has 1 amide bonds. The van der Waals surface area contributed by atoms with Gasteiger partial charge in [-0.15, -0.1) is 0 Å². The summed E-state index contributed by atoms with van der Waals surface area (Å²) >= 11 is 2.27. The first-order valence-corrected chi connectivity index (χ1v) is 13.1. The maximum atomic E-state index is 14.1. The number of aromatic nitrogens is 4. The second-order valence-corrected chi connectivity index (χ2v) is 10.4. The quantitative estimate of drug-likeness (QED) is 0.321. The van der Waals surface area contributed by atoms with E-state index in [0.717, 1.165) is 34.1 Å². The number of anilines is 1. The van der Waals surface area contributed by atoms with Crippen molar-refractivity contribution in [3.8, 4) is 11.5 Å². The number of halogens is 2. The Balaban J connectivity index is 1.39. The van der Waals surface area contributed by atoms with E-state index >= 15 is 0 Å². The molecule has 0 spiro atoms. The average Bonchev–Trinajstić information content (AvgIpc) is 3.20. The summed E-state index contributed by atoms with van der Waals surface area (Å²) in [6.07, 6.45) is 1.11. The molecule has 2 aliphatic rings. The Hall–Kier alpha value is -2.74. The predicted octanol–water partition coefficient (Wildman–Crippen LogP) is 2.52. The van der Waals surface area contributed by atoms with Crippen LogP contribution in [0.25, 0.3) is 11.2 Å². The summed E-state index contributed by atoms with van der Waals surface area (Å²) in [4.78, 5) is 26.2. The van der Waals surface area contributed by atoms with E-state index in [1.807, 2.05) is 16.7 Å². The van der Waals surface area contributed by atoms with E-state index < -0.39 is 12.2 Å². The van der Waals surface area contributed by atoms with Crippen LogP contribution in [0, 0.1) is 15.6 Å². The number of imidazole rings is 1. The fraction of sp³-hybridized carbons (Fsp3) is 0.500. The molecule has 1 atom stereocenters. The standard InChI is InChI=1S/C24H28FIN6O4/c1-13(33)23(34)31-5-2-14(3-6-31)4-7-32-19(28-20-21(27)29-24(25)30-22(20)32)11-15-10-17-18(12-16(15)26)36-9-8-35-17/h10,12-14,33H,2-9,11H2,1H3,(H2,27,29,30)/t13-/m0/s1/i26+4. The molecule has 12 heteroatoms. The molecule has 0 radical (unpaired) electrons. The molecule has 5 rings (SSSR count). The average molecular weight is 614 g/mol. The Morgan fingerprint density at radius 3 is 2.61 bits per heavy atom. The molecule has 3 N–H and O–H groups in total. The van der Waals surface area contributed by atoms with Gasteiger partial charge in [-0.3, -0.25) is 4.79 Å². The largest absolute Gasteiger partial charge is 0.486 e. The molecule has 2 aromatic heterocycles. The van der Waals surface area contributed by atoms with Gasteiger partial charge in [-0.05, 0) is 72.4 Å². The summed E-state index contributed by atoms with van der Waals surface area (Å²) in [5.74, 6) is 2.30. The number of aliphatic hydroxyl groups excluding tert-OH is 1. The van der Waals surface area contributed by atoms with Gasteiger partial charge in [-0.25, -0.2) is 4.98 Å². The molecule has 1 saturated heterocycles. The number of rotatable bonds is 6. The van der Waals surface area contributed by atoms with Gasteiger partial charge in [0, 0.05) is 29.6 Å². The topological polar surface area (TPSA) is 129 Å². The van der Waals surface area contributed by atoms with Gasteiger partial charge in [0.2, 0.25) is 0 Å². The molecule has 0 saturated carbocycles. The SMILES string of the molecule is C[C@H](O)C(=O)N1CCC(CCn2c(Cc3cc4c(cc3[131I])OCCO4)nc3c(N)nc(F)nc32)CC1. The first-order valence-electron chi connectivity index (χ1n) is 12.0. The number of likely N-dealkylation sites (tertiary alicyclic amines) is 1. The maximum Gasteiger partial charge on any atom is 0.312 e. The second-order valence-electron chi connectivity index (χ2n) is 9.23. The van der Waals surface area contributed by atoms with Crippen molar-refractivity contribution in [3.63, 3.8) is 0 Å². The van der Waals surface area contributed by atoms with Crippen LogP contribution in [0.15, 0.2) is 12.1 Å². The lowest BCUT2D eigenvalue weighted by atomic mass is 9.93. The Morgan fingerprint density at radius 2 is 1.92 bits per heavy atom. The van der Waals surface area contributed by atoms with E-state index in [-0.39, 0.29) is 11.7 Å². The van der Waals surface area contributed by atoms with Crippen LogP contribution in [0.5, 0.6) is 11.5 Å². The minimum absolute atomic E-state index is 0.0133. The number of amides is 1. The van der Waals surface area contributed by atoms with Crippen LogP contribution in [0.3, 0.4) is 0 Å². The zero-order valence-corrected chi connectivity index (χ0v) is 22.1. The predicted molar refractivity (Wildman–Crippen MR) is 138 cm³/mol. The van der Waals surface area contributed by atoms with E-state index in [2.05, 4.69) is 32.6 Å². The van der Waals surface area contributed by atoms with Crippen LogP contribution < -0.4 is 15.2 Å². The highest BCUT2D eigenvalue weighted by atomic mass is 131. The van der Waals surface area contributed by atoms with E-state index in [4.69, 9.17) is 20.2 Å². The van der Waals surface area contributed by atoms with E-state index in [9.17, 15) is 14.3 Å². The first kappa shape index (κ1) is 24.9. The van der Waals surface area contributed by atoms with Crippen molar-refractivity contribution in [1.29, 1.82) is 0 Å². The lowest BCUT2D eigenvalue weighted by Crippen LogP contribution is -2.43. The smallest absolute Gasteiger partial charge is 0.312 e. The van der Waals surface area contributed by atoms with E-state index in [0.29, 0.717) is 67.9 Å². The number of hydrogen-bond acceptors (Lipinski definition) is 8. The van der Waals surface area contributed by atoms with Gasteiger partial charge in [0.25, 0.3) is 5.91 Å². The number of nitrogens with zero attached hydrogens (tertiary/aromatic N) is 5. The van der Waals surface area contributed by atoms with E-state index in [1.54, 1.807) is 4.90 Å². The number of aliphatic hydroxyl groups is 1. The number of hydrogen-bond donors (Lipinski definition) is 2. The molecule has 0 unspecified atom stereocenters. The van der Waals surface area contributed by atoms with Gasteiger partial charge in [-0.2, -0.15) is 14.4 Å². The zero-order chi connectivity index (χ0) is 25.4. The Labute approximate surface area is 221 Å². The number of piperidine rings is 1.